The van der Waals surface area contributed by atoms with Crippen molar-refractivity contribution < 1.29 is 13.9 Å². The van der Waals surface area contributed by atoms with Crippen LogP contribution in [-0.4, -0.2) is 12.5 Å². The van der Waals surface area contributed by atoms with Gasteiger partial charge in [0.1, 0.15) is 18.2 Å². The Kier molecular flexibility index (Phi) is 3.84. The molecule has 3 N–H and O–H groups in total. The van der Waals surface area contributed by atoms with E-state index >= 15 is 0 Å². The van der Waals surface area contributed by atoms with Crippen molar-refractivity contribution in [3.8, 4) is 5.75 Å². The smallest absolute Gasteiger partial charge is 0.242 e. The standard InChI is InChI=1S/C11H15FN2O2/c1-11(2,10(15)14-13)7-16-9-5-3-4-8(12)6-9/h3-6H,7,13H2,1-2H3,(H,14,15). The van der Waals surface area contributed by atoms with Gasteiger partial charge in [0, 0.05) is 6.07 Å². The van der Waals surface area contributed by atoms with Crippen LogP contribution in [0.1, 0.15) is 13.8 Å². The largest absolute Gasteiger partial charge is 0.492 e. The van der Waals surface area contributed by atoms with E-state index in [1.165, 1.54) is 12.1 Å². The SMILES string of the molecule is CC(C)(COc1cccc(F)c1)C(=O)NN. The van der Waals surface area contributed by atoms with E-state index in [-0.39, 0.29) is 18.3 Å². The fraction of sp³-hybridized carbons (Fsp3) is 0.364. The molecular formula is C11H15FN2O2. The number of ether oxygens (including phenoxy) is 1. The minimum Gasteiger partial charge on any atom is -0.492 e. The zero-order valence-corrected chi connectivity index (χ0v) is 9.29. The van der Waals surface area contributed by atoms with E-state index in [1.54, 1.807) is 26.0 Å². The molecule has 0 unspecified atom stereocenters. The molecule has 88 valence electrons. The van der Waals surface area contributed by atoms with Gasteiger partial charge in [-0.3, -0.25) is 10.2 Å². The molecule has 1 aromatic rings. The lowest BCUT2D eigenvalue weighted by atomic mass is 9.94. The second-order valence-electron chi connectivity index (χ2n) is 4.10. The molecule has 16 heavy (non-hydrogen) atoms. The lowest BCUT2D eigenvalue weighted by Crippen LogP contribution is -2.44. The molecule has 0 fully saturated rings. The fourth-order valence-electron chi connectivity index (χ4n) is 1.08. The molecular weight excluding hydrogens is 211 g/mol. The van der Waals surface area contributed by atoms with Gasteiger partial charge in [-0.2, -0.15) is 0 Å². The number of nitrogens with two attached hydrogens (primary N) is 1. The highest BCUT2D eigenvalue weighted by atomic mass is 19.1. The summed E-state index contributed by atoms with van der Waals surface area (Å²) in [6, 6.07) is 5.75. The third-order valence-electron chi connectivity index (χ3n) is 2.14. The Balaban J connectivity index is 2.61. The molecule has 4 nitrogen and oxygen atoms in total. The molecule has 0 saturated carbocycles. The first kappa shape index (κ1) is 12.4. The van der Waals surface area contributed by atoms with Crippen molar-refractivity contribution in [2.75, 3.05) is 6.61 Å². The first-order valence-corrected chi connectivity index (χ1v) is 4.85. The van der Waals surface area contributed by atoms with Gasteiger partial charge in [0.2, 0.25) is 5.91 Å². The van der Waals surface area contributed by atoms with E-state index < -0.39 is 5.41 Å². The number of hydrazine groups is 1. The molecule has 1 amide bonds. The summed E-state index contributed by atoms with van der Waals surface area (Å²) < 4.78 is 18.2. The quantitative estimate of drug-likeness (QED) is 0.461. The molecule has 0 heterocycles. The molecule has 0 atom stereocenters. The summed E-state index contributed by atoms with van der Waals surface area (Å²) in [5.41, 5.74) is 1.30. The van der Waals surface area contributed by atoms with Crippen LogP contribution >= 0.6 is 0 Å². The van der Waals surface area contributed by atoms with Crippen molar-refractivity contribution in [1.82, 2.24) is 5.43 Å². The summed E-state index contributed by atoms with van der Waals surface area (Å²) in [6.07, 6.45) is 0. The minimum absolute atomic E-state index is 0.124. The summed E-state index contributed by atoms with van der Waals surface area (Å²) in [4.78, 5) is 11.3. The number of carbonyl (C=O) groups excluding carboxylic acids is 1. The lowest BCUT2D eigenvalue weighted by Gasteiger charge is -2.22. The maximum absolute atomic E-state index is 12.8. The zero-order chi connectivity index (χ0) is 12.2. The normalized spacial score (nSPS) is 11.0. The first-order chi connectivity index (χ1) is 7.45. The number of carbonyl (C=O) groups is 1. The van der Waals surface area contributed by atoms with Gasteiger partial charge in [0.05, 0.1) is 5.41 Å². The first-order valence-electron chi connectivity index (χ1n) is 4.85. The second-order valence-corrected chi connectivity index (χ2v) is 4.10. The number of benzene rings is 1. The van der Waals surface area contributed by atoms with Crippen molar-refractivity contribution >= 4 is 5.91 Å². The highest BCUT2D eigenvalue weighted by Crippen LogP contribution is 2.19. The predicted octanol–water partition coefficient (Wildman–Crippen LogP) is 1.22. The number of amides is 1. The number of hydrogen-bond acceptors (Lipinski definition) is 3. The minimum atomic E-state index is -0.763. The summed E-state index contributed by atoms with van der Waals surface area (Å²) in [7, 11) is 0. The van der Waals surface area contributed by atoms with E-state index in [1.807, 2.05) is 0 Å². The average molecular weight is 226 g/mol. The van der Waals surface area contributed by atoms with Crippen LogP contribution in [0.4, 0.5) is 4.39 Å². The van der Waals surface area contributed by atoms with Crippen LogP contribution in [0.5, 0.6) is 5.75 Å². The number of rotatable bonds is 4. The molecule has 0 spiro atoms. The van der Waals surface area contributed by atoms with Crippen molar-refractivity contribution in [3.05, 3.63) is 30.1 Å². The Hall–Kier alpha value is -1.62. The number of hydrogen-bond donors (Lipinski definition) is 2. The Morgan fingerprint density at radius 1 is 1.56 bits per heavy atom. The monoisotopic (exact) mass is 226 g/mol. The van der Waals surface area contributed by atoms with Crippen molar-refractivity contribution in [2.45, 2.75) is 13.8 Å². The molecule has 1 rings (SSSR count). The van der Waals surface area contributed by atoms with Crippen molar-refractivity contribution in [2.24, 2.45) is 11.3 Å². The summed E-state index contributed by atoms with van der Waals surface area (Å²) in [5, 5.41) is 0. The van der Waals surface area contributed by atoms with E-state index in [0.717, 1.165) is 0 Å². The highest BCUT2D eigenvalue weighted by molar-refractivity contribution is 5.81. The van der Waals surface area contributed by atoms with E-state index in [2.05, 4.69) is 5.43 Å². The molecule has 1 aromatic carbocycles. The Labute approximate surface area is 93.6 Å². The third-order valence-corrected chi connectivity index (χ3v) is 2.14. The maximum atomic E-state index is 12.8. The van der Waals surface area contributed by atoms with Gasteiger partial charge in [-0.15, -0.1) is 0 Å². The van der Waals surface area contributed by atoms with Crippen LogP contribution < -0.4 is 16.0 Å². The topological polar surface area (TPSA) is 64.3 Å². The van der Waals surface area contributed by atoms with Crippen LogP contribution in [0.15, 0.2) is 24.3 Å². The highest BCUT2D eigenvalue weighted by Gasteiger charge is 2.27. The van der Waals surface area contributed by atoms with Gasteiger partial charge in [0.25, 0.3) is 0 Å². The molecule has 5 heteroatoms. The van der Waals surface area contributed by atoms with Crippen LogP contribution in [0.2, 0.25) is 0 Å². The Bertz CT molecular complexity index is 380. The lowest BCUT2D eigenvalue weighted by molar-refractivity contribution is -0.130. The van der Waals surface area contributed by atoms with Gasteiger partial charge >= 0.3 is 0 Å². The van der Waals surface area contributed by atoms with E-state index in [4.69, 9.17) is 10.6 Å². The summed E-state index contributed by atoms with van der Waals surface area (Å²) >= 11 is 0. The molecule has 0 aliphatic rings. The van der Waals surface area contributed by atoms with Crippen LogP contribution in [-0.2, 0) is 4.79 Å². The van der Waals surface area contributed by atoms with Gasteiger partial charge in [0.15, 0.2) is 0 Å². The molecule has 0 aromatic heterocycles. The average Bonchev–Trinajstić information content (AvgIpc) is 2.25. The Morgan fingerprint density at radius 2 is 2.25 bits per heavy atom. The third kappa shape index (κ3) is 3.20. The van der Waals surface area contributed by atoms with Gasteiger partial charge < -0.3 is 4.74 Å². The number of halogens is 1. The van der Waals surface area contributed by atoms with Gasteiger partial charge in [-0.1, -0.05) is 6.07 Å². The maximum Gasteiger partial charge on any atom is 0.242 e. The van der Waals surface area contributed by atoms with Crippen LogP contribution in [0.25, 0.3) is 0 Å². The molecule has 0 aliphatic carbocycles. The molecule has 0 radical (unpaired) electrons. The summed E-state index contributed by atoms with van der Waals surface area (Å²) in [6.45, 7) is 3.50. The van der Waals surface area contributed by atoms with Crippen LogP contribution in [0.3, 0.4) is 0 Å². The van der Waals surface area contributed by atoms with Gasteiger partial charge in [-0.25, -0.2) is 10.2 Å². The Morgan fingerprint density at radius 3 is 2.81 bits per heavy atom. The summed E-state index contributed by atoms with van der Waals surface area (Å²) in [5.74, 6) is 4.72. The van der Waals surface area contributed by atoms with Crippen LogP contribution in [0, 0.1) is 11.2 Å². The van der Waals surface area contributed by atoms with Crippen molar-refractivity contribution in [1.29, 1.82) is 0 Å². The fourth-order valence-corrected chi connectivity index (χ4v) is 1.08. The molecule has 0 saturated heterocycles. The predicted molar refractivity (Wildman–Crippen MR) is 58.0 cm³/mol. The van der Waals surface area contributed by atoms with E-state index in [9.17, 15) is 9.18 Å². The van der Waals surface area contributed by atoms with Crippen molar-refractivity contribution in [3.63, 3.8) is 0 Å². The second kappa shape index (κ2) is 4.94. The molecule has 0 aliphatic heterocycles. The zero-order valence-electron chi connectivity index (χ0n) is 9.29. The number of nitrogens with one attached hydrogen (secondary N) is 1. The molecule has 0 bridgehead atoms. The van der Waals surface area contributed by atoms with Gasteiger partial charge in [-0.05, 0) is 26.0 Å². The van der Waals surface area contributed by atoms with E-state index in [0.29, 0.717) is 5.75 Å².